The van der Waals surface area contributed by atoms with E-state index in [0.717, 1.165) is 0 Å². The molecular weight excluding hydrogens is 244 g/mol. The zero-order chi connectivity index (χ0) is 13.8. The summed E-state index contributed by atoms with van der Waals surface area (Å²) < 4.78 is 9.91. The minimum absolute atomic E-state index is 0.0111. The third-order valence-electron chi connectivity index (χ3n) is 3.64. The van der Waals surface area contributed by atoms with Crippen LogP contribution in [0.2, 0.25) is 0 Å². The number of hydrogen-bond donors (Lipinski definition) is 0. The van der Waals surface area contributed by atoms with E-state index in [0.29, 0.717) is 6.61 Å². The van der Waals surface area contributed by atoms with Crippen molar-refractivity contribution in [2.24, 2.45) is 23.7 Å². The largest absolute Gasteiger partial charge is 0.469 e. The first-order chi connectivity index (χ1) is 9.19. The lowest BCUT2D eigenvalue weighted by Gasteiger charge is -2.29. The molecule has 0 aromatic heterocycles. The Hall–Kier alpha value is -1.84. The van der Waals surface area contributed by atoms with Crippen molar-refractivity contribution in [3.8, 4) is 0 Å². The Balaban J connectivity index is 2.29. The molecule has 1 aliphatic heterocycles. The number of ether oxygens (including phenoxy) is 2. The molecule has 2 rings (SSSR count). The quantitative estimate of drug-likeness (QED) is 0.443. The molecule has 102 valence electrons. The number of fused-ring (bicyclic) bond motifs is 1. The minimum atomic E-state index is -0.489. The summed E-state index contributed by atoms with van der Waals surface area (Å²) in [5.74, 6) is -1.70. The van der Waals surface area contributed by atoms with Crippen LogP contribution >= 0.6 is 0 Å². The van der Waals surface area contributed by atoms with Crippen LogP contribution in [0.4, 0.5) is 0 Å². The minimum Gasteiger partial charge on any atom is -0.469 e. The monoisotopic (exact) mass is 262 g/mol. The fraction of sp³-hybridized carbons (Fsp3) is 0.467. The summed E-state index contributed by atoms with van der Waals surface area (Å²) >= 11 is 0. The normalized spacial score (nSPS) is 33.7. The van der Waals surface area contributed by atoms with Crippen molar-refractivity contribution in [2.45, 2.75) is 6.92 Å². The van der Waals surface area contributed by atoms with Gasteiger partial charge < -0.3 is 9.47 Å². The van der Waals surface area contributed by atoms with Crippen molar-refractivity contribution in [3.63, 3.8) is 0 Å². The fourth-order valence-corrected chi connectivity index (χ4v) is 2.70. The van der Waals surface area contributed by atoms with Crippen molar-refractivity contribution in [1.29, 1.82) is 0 Å². The Labute approximate surface area is 112 Å². The van der Waals surface area contributed by atoms with Crippen LogP contribution in [0.25, 0.3) is 0 Å². The molecule has 1 heterocycles. The average molecular weight is 262 g/mol. The second-order valence-electron chi connectivity index (χ2n) is 4.74. The molecule has 1 saturated heterocycles. The van der Waals surface area contributed by atoms with Crippen molar-refractivity contribution in [1.82, 2.24) is 0 Å². The summed E-state index contributed by atoms with van der Waals surface area (Å²) in [5, 5.41) is 0. The maximum absolute atomic E-state index is 12.0. The Kier molecular flexibility index (Phi) is 4.20. The Morgan fingerprint density at radius 3 is 2.89 bits per heavy atom. The van der Waals surface area contributed by atoms with Gasteiger partial charge in [0.05, 0.1) is 25.6 Å². The van der Waals surface area contributed by atoms with E-state index in [-0.39, 0.29) is 23.8 Å². The molecule has 2 aliphatic rings. The topological polar surface area (TPSA) is 52.6 Å². The van der Waals surface area contributed by atoms with E-state index < -0.39 is 11.8 Å². The maximum Gasteiger partial charge on any atom is 0.310 e. The Bertz CT molecular complexity index is 447. The zero-order valence-electron chi connectivity index (χ0n) is 11.1. The van der Waals surface area contributed by atoms with Gasteiger partial charge in [-0.05, 0) is 6.92 Å². The third-order valence-corrected chi connectivity index (χ3v) is 3.64. The number of rotatable bonds is 3. The van der Waals surface area contributed by atoms with Gasteiger partial charge in [-0.2, -0.15) is 0 Å². The van der Waals surface area contributed by atoms with Gasteiger partial charge in [-0.3, -0.25) is 9.59 Å². The van der Waals surface area contributed by atoms with E-state index in [1.807, 2.05) is 43.4 Å². The van der Waals surface area contributed by atoms with E-state index in [4.69, 9.17) is 9.47 Å². The molecule has 0 radical (unpaired) electrons. The van der Waals surface area contributed by atoms with E-state index in [1.54, 1.807) is 0 Å². The van der Waals surface area contributed by atoms with Gasteiger partial charge in [-0.1, -0.05) is 36.5 Å². The summed E-state index contributed by atoms with van der Waals surface area (Å²) in [6.07, 6.45) is 11.5. The number of allylic oxidation sites excluding steroid dienone is 5. The van der Waals surface area contributed by atoms with Gasteiger partial charge in [-0.25, -0.2) is 0 Å². The molecule has 0 amide bonds. The second-order valence-corrected chi connectivity index (χ2v) is 4.74. The number of cyclic esters (lactones) is 1. The number of methoxy groups -OCH3 is 1. The number of hydrogen-bond acceptors (Lipinski definition) is 4. The molecule has 4 atom stereocenters. The van der Waals surface area contributed by atoms with Gasteiger partial charge in [-0.15, -0.1) is 0 Å². The van der Waals surface area contributed by atoms with Crippen LogP contribution in [0, 0.1) is 23.7 Å². The summed E-state index contributed by atoms with van der Waals surface area (Å²) in [7, 11) is 1.35. The molecule has 0 saturated carbocycles. The second kappa shape index (κ2) is 5.87. The van der Waals surface area contributed by atoms with Crippen molar-refractivity contribution in [2.75, 3.05) is 13.7 Å². The SMILES string of the molecule is C/C=C/C=C/[C@@H]1C=C[C@@H]2COC(=O)[C@@H]2[C@@H]1C(=O)OC. The van der Waals surface area contributed by atoms with Gasteiger partial charge in [0.25, 0.3) is 0 Å². The summed E-state index contributed by atoms with van der Waals surface area (Å²) in [5.41, 5.74) is 0. The number of carbonyl (C=O) groups excluding carboxylic acids is 2. The lowest BCUT2D eigenvalue weighted by molar-refractivity contribution is -0.155. The van der Waals surface area contributed by atoms with Gasteiger partial charge in [0.15, 0.2) is 0 Å². The van der Waals surface area contributed by atoms with Crippen LogP contribution in [0.3, 0.4) is 0 Å². The lowest BCUT2D eigenvalue weighted by Crippen LogP contribution is -2.38. The van der Waals surface area contributed by atoms with Crippen molar-refractivity contribution in [3.05, 3.63) is 36.5 Å². The molecule has 4 nitrogen and oxygen atoms in total. The van der Waals surface area contributed by atoms with Crippen LogP contribution < -0.4 is 0 Å². The highest BCUT2D eigenvalue weighted by atomic mass is 16.5. The van der Waals surface area contributed by atoms with Crippen LogP contribution in [-0.4, -0.2) is 25.7 Å². The predicted molar refractivity (Wildman–Crippen MR) is 70.0 cm³/mol. The molecule has 0 unspecified atom stereocenters. The smallest absolute Gasteiger partial charge is 0.310 e. The molecule has 19 heavy (non-hydrogen) atoms. The Morgan fingerprint density at radius 1 is 1.42 bits per heavy atom. The van der Waals surface area contributed by atoms with E-state index in [9.17, 15) is 9.59 Å². The van der Waals surface area contributed by atoms with Gasteiger partial charge in [0.2, 0.25) is 0 Å². The first-order valence-corrected chi connectivity index (χ1v) is 6.41. The molecule has 0 bridgehead atoms. The molecular formula is C15H18O4. The Morgan fingerprint density at radius 2 is 2.21 bits per heavy atom. The molecule has 0 aromatic rings. The fourth-order valence-electron chi connectivity index (χ4n) is 2.70. The van der Waals surface area contributed by atoms with Crippen LogP contribution in [0.1, 0.15) is 6.92 Å². The van der Waals surface area contributed by atoms with Crippen LogP contribution in [0.15, 0.2) is 36.5 Å². The van der Waals surface area contributed by atoms with E-state index in [1.165, 1.54) is 7.11 Å². The van der Waals surface area contributed by atoms with Gasteiger partial charge >= 0.3 is 11.9 Å². The van der Waals surface area contributed by atoms with Gasteiger partial charge in [0.1, 0.15) is 0 Å². The molecule has 0 spiro atoms. The van der Waals surface area contributed by atoms with Crippen LogP contribution in [-0.2, 0) is 19.1 Å². The molecule has 0 N–H and O–H groups in total. The summed E-state index contributed by atoms with van der Waals surface area (Å²) in [4.78, 5) is 23.8. The predicted octanol–water partition coefficient (Wildman–Crippen LogP) is 1.88. The molecule has 0 aromatic carbocycles. The van der Waals surface area contributed by atoms with E-state index in [2.05, 4.69) is 0 Å². The third kappa shape index (κ3) is 2.62. The van der Waals surface area contributed by atoms with E-state index >= 15 is 0 Å². The van der Waals surface area contributed by atoms with Crippen LogP contribution in [0.5, 0.6) is 0 Å². The average Bonchev–Trinajstić information content (AvgIpc) is 2.80. The zero-order valence-corrected chi connectivity index (χ0v) is 11.1. The van der Waals surface area contributed by atoms with Gasteiger partial charge in [0, 0.05) is 11.8 Å². The number of esters is 2. The lowest BCUT2D eigenvalue weighted by atomic mass is 9.71. The molecule has 1 fully saturated rings. The van der Waals surface area contributed by atoms with Crippen molar-refractivity contribution >= 4 is 11.9 Å². The molecule has 4 heteroatoms. The highest BCUT2D eigenvalue weighted by Gasteiger charge is 2.49. The first kappa shape index (κ1) is 13.6. The first-order valence-electron chi connectivity index (χ1n) is 6.41. The number of carbonyl (C=O) groups is 2. The highest BCUT2D eigenvalue weighted by molar-refractivity contribution is 5.84. The maximum atomic E-state index is 12.0. The summed E-state index contributed by atoms with van der Waals surface area (Å²) in [6, 6.07) is 0. The summed E-state index contributed by atoms with van der Waals surface area (Å²) in [6.45, 7) is 2.28. The standard InChI is InChI=1S/C15H18O4/c1-3-4-5-6-10-7-8-11-9-19-15(17)13(11)12(10)14(16)18-2/h3-8,10-13H,9H2,1-2H3/b4-3+,6-5+/t10-,11-,12-,13+/m1/s1. The van der Waals surface area contributed by atoms with Crippen molar-refractivity contribution < 1.29 is 19.1 Å². The highest BCUT2D eigenvalue weighted by Crippen LogP contribution is 2.40. The molecule has 1 aliphatic carbocycles.